The van der Waals surface area contributed by atoms with E-state index < -0.39 is 0 Å². The Morgan fingerprint density at radius 3 is 2.57 bits per heavy atom. The van der Waals surface area contributed by atoms with Crippen molar-refractivity contribution in [1.82, 2.24) is 5.43 Å². The molecular formula is C17H17FN2O. The molecule has 0 heterocycles. The van der Waals surface area contributed by atoms with Crippen LogP contribution >= 0.6 is 0 Å². The number of rotatable bonds is 4. The van der Waals surface area contributed by atoms with Gasteiger partial charge in [0.2, 0.25) is 5.91 Å². The standard InChI is InChI=1S/C17H17FN2O/c1-12-3-6-15(13(2)9-12)10-17(21)20-19-11-14-4-7-16(18)8-5-14/h3-9,11H,10H2,1-2H3,(H,20,21)/b19-11-. The summed E-state index contributed by atoms with van der Waals surface area (Å²) >= 11 is 0. The second-order valence-corrected chi connectivity index (χ2v) is 4.95. The molecule has 3 nitrogen and oxygen atoms in total. The number of benzene rings is 2. The van der Waals surface area contributed by atoms with Crippen LogP contribution in [0.4, 0.5) is 4.39 Å². The molecule has 0 fully saturated rings. The molecule has 0 radical (unpaired) electrons. The van der Waals surface area contributed by atoms with E-state index in [1.165, 1.54) is 23.9 Å². The highest BCUT2D eigenvalue weighted by Gasteiger charge is 2.05. The van der Waals surface area contributed by atoms with Crippen LogP contribution in [0.3, 0.4) is 0 Å². The Kier molecular flexibility index (Phi) is 4.82. The lowest BCUT2D eigenvalue weighted by molar-refractivity contribution is -0.120. The van der Waals surface area contributed by atoms with Gasteiger partial charge in [-0.25, -0.2) is 9.82 Å². The van der Waals surface area contributed by atoms with Crippen molar-refractivity contribution >= 4 is 12.1 Å². The third kappa shape index (κ3) is 4.53. The van der Waals surface area contributed by atoms with Crippen molar-refractivity contribution in [3.8, 4) is 0 Å². The molecule has 0 aliphatic carbocycles. The fourth-order valence-electron chi connectivity index (χ4n) is 1.98. The van der Waals surface area contributed by atoms with Crippen LogP contribution in [0.2, 0.25) is 0 Å². The SMILES string of the molecule is Cc1ccc(CC(=O)N/N=C\c2ccc(F)cc2)c(C)c1. The van der Waals surface area contributed by atoms with E-state index in [4.69, 9.17) is 0 Å². The van der Waals surface area contributed by atoms with Crippen molar-refractivity contribution in [2.45, 2.75) is 20.3 Å². The van der Waals surface area contributed by atoms with E-state index in [0.29, 0.717) is 0 Å². The monoisotopic (exact) mass is 284 g/mol. The molecule has 2 aromatic carbocycles. The van der Waals surface area contributed by atoms with Crippen LogP contribution < -0.4 is 5.43 Å². The molecule has 1 amide bonds. The van der Waals surface area contributed by atoms with Crippen molar-refractivity contribution in [1.29, 1.82) is 0 Å². The molecule has 2 rings (SSSR count). The number of aryl methyl sites for hydroxylation is 2. The first kappa shape index (κ1) is 14.9. The molecule has 0 aliphatic rings. The second-order valence-electron chi connectivity index (χ2n) is 4.95. The summed E-state index contributed by atoms with van der Waals surface area (Å²) in [5.41, 5.74) is 6.44. The van der Waals surface area contributed by atoms with Crippen molar-refractivity contribution in [3.05, 3.63) is 70.5 Å². The second kappa shape index (κ2) is 6.79. The van der Waals surface area contributed by atoms with Crippen molar-refractivity contribution < 1.29 is 9.18 Å². The van der Waals surface area contributed by atoms with Gasteiger partial charge in [-0.1, -0.05) is 35.9 Å². The molecule has 1 N–H and O–H groups in total. The van der Waals surface area contributed by atoms with Gasteiger partial charge in [0.25, 0.3) is 0 Å². The van der Waals surface area contributed by atoms with Gasteiger partial charge in [0.15, 0.2) is 0 Å². The average Bonchev–Trinajstić information content (AvgIpc) is 2.44. The highest BCUT2D eigenvalue weighted by atomic mass is 19.1. The normalized spacial score (nSPS) is 10.8. The number of carbonyl (C=O) groups is 1. The van der Waals surface area contributed by atoms with Gasteiger partial charge in [-0.15, -0.1) is 0 Å². The first-order valence-corrected chi connectivity index (χ1v) is 6.68. The highest BCUT2D eigenvalue weighted by Crippen LogP contribution is 2.11. The Labute approximate surface area is 123 Å². The maximum Gasteiger partial charge on any atom is 0.244 e. The van der Waals surface area contributed by atoms with Crippen LogP contribution in [-0.4, -0.2) is 12.1 Å². The number of hydrazone groups is 1. The maximum atomic E-state index is 12.7. The third-order valence-electron chi connectivity index (χ3n) is 3.12. The van der Waals surface area contributed by atoms with Gasteiger partial charge in [0.1, 0.15) is 5.82 Å². The molecule has 0 aromatic heterocycles. The van der Waals surface area contributed by atoms with Crippen molar-refractivity contribution in [2.75, 3.05) is 0 Å². The smallest absolute Gasteiger partial charge is 0.244 e. The summed E-state index contributed by atoms with van der Waals surface area (Å²) in [7, 11) is 0. The number of nitrogens with one attached hydrogen (secondary N) is 1. The number of hydrogen-bond donors (Lipinski definition) is 1. The van der Waals surface area contributed by atoms with Gasteiger partial charge in [-0.3, -0.25) is 4.79 Å². The zero-order valence-electron chi connectivity index (χ0n) is 12.1. The van der Waals surface area contributed by atoms with E-state index in [9.17, 15) is 9.18 Å². The lowest BCUT2D eigenvalue weighted by Crippen LogP contribution is -2.20. The molecule has 0 saturated carbocycles. The zero-order valence-corrected chi connectivity index (χ0v) is 12.1. The van der Waals surface area contributed by atoms with E-state index in [1.807, 2.05) is 32.0 Å². The van der Waals surface area contributed by atoms with E-state index in [-0.39, 0.29) is 18.1 Å². The summed E-state index contributed by atoms with van der Waals surface area (Å²) in [5, 5.41) is 3.87. The zero-order chi connectivity index (χ0) is 15.2. The van der Waals surface area contributed by atoms with E-state index in [2.05, 4.69) is 10.5 Å². The minimum Gasteiger partial charge on any atom is -0.273 e. The molecule has 108 valence electrons. The van der Waals surface area contributed by atoms with Crippen LogP contribution in [0.1, 0.15) is 22.3 Å². The number of amides is 1. The summed E-state index contributed by atoms with van der Waals surface area (Å²) in [6.45, 7) is 4.00. The van der Waals surface area contributed by atoms with Crippen molar-refractivity contribution in [3.63, 3.8) is 0 Å². The molecule has 0 unspecified atom stereocenters. The molecule has 0 atom stereocenters. The summed E-state index contributed by atoms with van der Waals surface area (Å²) in [6, 6.07) is 11.9. The lowest BCUT2D eigenvalue weighted by Gasteiger charge is -2.05. The predicted molar refractivity (Wildman–Crippen MR) is 81.8 cm³/mol. The van der Waals surface area contributed by atoms with E-state index in [0.717, 1.165) is 16.7 Å². The minimum atomic E-state index is -0.300. The minimum absolute atomic E-state index is 0.180. The van der Waals surface area contributed by atoms with Gasteiger partial charge >= 0.3 is 0 Å². The largest absolute Gasteiger partial charge is 0.273 e. The number of nitrogens with zero attached hydrogens (tertiary/aromatic N) is 1. The fourth-order valence-corrected chi connectivity index (χ4v) is 1.98. The molecule has 0 aliphatic heterocycles. The van der Waals surface area contributed by atoms with Crippen LogP contribution in [0.25, 0.3) is 0 Å². The van der Waals surface area contributed by atoms with Gasteiger partial charge in [0, 0.05) is 0 Å². The summed E-state index contributed by atoms with van der Waals surface area (Å²) < 4.78 is 12.7. The Balaban J connectivity index is 1.91. The van der Waals surface area contributed by atoms with Gasteiger partial charge in [-0.2, -0.15) is 5.10 Å². The Hall–Kier alpha value is -2.49. The van der Waals surface area contributed by atoms with Crippen LogP contribution in [-0.2, 0) is 11.2 Å². The molecule has 4 heteroatoms. The predicted octanol–water partition coefficient (Wildman–Crippen LogP) is 3.14. The number of carbonyl (C=O) groups excluding carboxylic acids is 1. The maximum absolute atomic E-state index is 12.7. The van der Waals surface area contributed by atoms with Crippen molar-refractivity contribution in [2.24, 2.45) is 5.10 Å². The fraction of sp³-hybridized carbons (Fsp3) is 0.176. The first-order valence-electron chi connectivity index (χ1n) is 6.68. The molecule has 0 saturated heterocycles. The van der Waals surface area contributed by atoms with Gasteiger partial charge in [0.05, 0.1) is 12.6 Å². The topological polar surface area (TPSA) is 41.5 Å². The first-order chi connectivity index (χ1) is 10.0. The Bertz CT molecular complexity index is 663. The summed E-state index contributed by atoms with van der Waals surface area (Å²) in [5.74, 6) is -0.480. The van der Waals surface area contributed by atoms with E-state index >= 15 is 0 Å². The van der Waals surface area contributed by atoms with Crippen LogP contribution in [0.5, 0.6) is 0 Å². The molecule has 0 bridgehead atoms. The summed E-state index contributed by atoms with van der Waals surface area (Å²) in [6.07, 6.45) is 1.77. The average molecular weight is 284 g/mol. The lowest BCUT2D eigenvalue weighted by atomic mass is 10.0. The Morgan fingerprint density at radius 2 is 1.90 bits per heavy atom. The number of hydrogen-bond acceptors (Lipinski definition) is 2. The summed E-state index contributed by atoms with van der Waals surface area (Å²) in [4.78, 5) is 11.8. The number of halogens is 1. The molecule has 21 heavy (non-hydrogen) atoms. The molecule has 2 aromatic rings. The quantitative estimate of drug-likeness (QED) is 0.680. The van der Waals surface area contributed by atoms with Gasteiger partial charge < -0.3 is 0 Å². The van der Waals surface area contributed by atoms with Crippen LogP contribution in [0, 0.1) is 19.7 Å². The Morgan fingerprint density at radius 1 is 1.19 bits per heavy atom. The third-order valence-corrected chi connectivity index (χ3v) is 3.12. The van der Waals surface area contributed by atoms with E-state index in [1.54, 1.807) is 12.1 Å². The van der Waals surface area contributed by atoms with Crippen LogP contribution in [0.15, 0.2) is 47.6 Å². The molecular weight excluding hydrogens is 267 g/mol. The molecule has 0 spiro atoms. The van der Waals surface area contributed by atoms with Gasteiger partial charge in [-0.05, 0) is 42.7 Å². The highest BCUT2D eigenvalue weighted by molar-refractivity contribution is 5.83.